The van der Waals surface area contributed by atoms with Crippen molar-refractivity contribution in [1.82, 2.24) is 5.32 Å². The third-order valence-corrected chi connectivity index (χ3v) is 3.32. The molecule has 0 saturated carbocycles. The standard InChI is InChI=1S/C16H22BrNO3/c1-11(12-5-7-13(17)8-6-12)18-14(19)10-21-15(20)9-16(2,3)4/h5-8,11H,9-10H2,1-4H3,(H,18,19)/t11-/m1/s1. The summed E-state index contributed by atoms with van der Waals surface area (Å²) in [6.45, 7) is 7.49. The van der Waals surface area contributed by atoms with Gasteiger partial charge in [-0.25, -0.2) is 0 Å². The van der Waals surface area contributed by atoms with E-state index in [4.69, 9.17) is 4.74 Å². The van der Waals surface area contributed by atoms with Crippen LogP contribution in [0.1, 0.15) is 45.7 Å². The zero-order valence-corrected chi connectivity index (χ0v) is 14.5. The smallest absolute Gasteiger partial charge is 0.306 e. The van der Waals surface area contributed by atoms with Gasteiger partial charge in [-0.15, -0.1) is 0 Å². The fourth-order valence-corrected chi connectivity index (χ4v) is 2.01. The zero-order chi connectivity index (χ0) is 16.0. The van der Waals surface area contributed by atoms with Gasteiger partial charge < -0.3 is 10.1 Å². The minimum absolute atomic E-state index is 0.132. The van der Waals surface area contributed by atoms with E-state index in [0.29, 0.717) is 6.42 Å². The molecule has 0 radical (unpaired) electrons. The van der Waals surface area contributed by atoms with Crippen molar-refractivity contribution in [3.05, 3.63) is 34.3 Å². The highest BCUT2D eigenvalue weighted by atomic mass is 79.9. The molecule has 1 aromatic carbocycles. The first-order valence-corrected chi connectivity index (χ1v) is 7.67. The van der Waals surface area contributed by atoms with Gasteiger partial charge in [0, 0.05) is 4.47 Å². The first-order chi connectivity index (χ1) is 9.67. The van der Waals surface area contributed by atoms with Crippen molar-refractivity contribution in [3.8, 4) is 0 Å². The highest BCUT2D eigenvalue weighted by molar-refractivity contribution is 9.10. The molecule has 0 saturated heterocycles. The number of halogens is 1. The number of rotatable bonds is 5. The summed E-state index contributed by atoms with van der Waals surface area (Å²) in [5.41, 5.74) is 0.853. The maximum atomic E-state index is 11.8. The number of benzene rings is 1. The second-order valence-electron chi connectivity index (χ2n) is 6.24. The molecule has 1 aromatic rings. The summed E-state index contributed by atoms with van der Waals surface area (Å²) in [6, 6.07) is 7.57. The van der Waals surface area contributed by atoms with Gasteiger partial charge in [0.25, 0.3) is 5.91 Å². The number of nitrogens with one attached hydrogen (secondary N) is 1. The average Bonchev–Trinajstić information content (AvgIpc) is 2.35. The Morgan fingerprint density at radius 1 is 1.24 bits per heavy atom. The lowest BCUT2D eigenvalue weighted by molar-refractivity contribution is -0.150. The molecule has 4 nitrogen and oxygen atoms in total. The Kier molecular flexibility index (Phi) is 6.40. The second kappa shape index (κ2) is 7.59. The van der Waals surface area contributed by atoms with Crippen LogP contribution in [0.2, 0.25) is 0 Å². The third kappa shape index (κ3) is 7.27. The Labute approximate surface area is 134 Å². The third-order valence-electron chi connectivity index (χ3n) is 2.79. The van der Waals surface area contributed by atoms with Crippen LogP contribution in [0.4, 0.5) is 0 Å². The van der Waals surface area contributed by atoms with Gasteiger partial charge in [-0.1, -0.05) is 48.8 Å². The average molecular weight is 356 g/mol. The summed E-state index contributed by atoms with van der Waals surface area (Å²) >= 11 is 3.37. The quantitative estimate of drug-likeness (QED) is 0.820. The summed E-state index contributed by atoms with van der Waals surface area (Å²) in [4.78, 5) is 23.3. The zero-order valence-electron chi connectivity index (χ0n) is 12.9. The molecular formula is C16H22BrNO3. The fourth-order valence-electron chi connectivity index (χ4n) is 1.75. The number of hydrogen-bond donors (Lipinski definition) is 1. The lowest BCUT2D eigenvalue weighted by Crippen LogP contribution is -2.31. The lowest BCUT2D eigenvalue weighted by Gasteiger charge is -2.17. The van der Waals surface area contributed by atoms with Crippen LogP contribution in [0.3, 0.4) is 0 Å². The summed E-state index contributed by atoms with van der Waals surface area (Å²) in [5, 5.41) is 2.80. The first kappa shape index (κ1) is 17.7. The molecule has 0 heterocycles. The molecule has 0 unspecified atom stereocenters. The predicted molar refractivity (Wildman–Crippen MR) is 85.7 cm³/mol. The first-order valence-electron chi connectivity index (χ1n) is 6.88. The van der Waals surface area contributed by atoms with Crippen molar-refractivity contribution < 1.29 is 14.3 Å². The van der Waals surface area contributed by atoms with E-state index in [-0.39, 0.29) is 29.9 Å². The van der Waals surface area contributed by atoms with Crippen molar-refractivity contribution in [2.75, 3.05) is 6.61 Å². The van der Waals surface area contributed by atoms with Crippen LogP contribution >= 0.6 is 15.9 Å². The van der Waals surface area contributed by atoms with Gasteiger partial charge in [0.1, 0.15) is 0 Å². The van der Waals surface area contributed by atoms with Crippen LogP contribution in [0.5, 0.6) is 0 Å². The molecule has 0 aliphatic heterocycles. The number of ether oxygens (including phenoxy) is 1. The number of hydrogen-bond acceptors (Lipinski definition) is 3. The van der Waals surface area contributed by atoms with Crippen molar-refractivity contribution >= 4 is 27.8 Å². The molecule has 0 bridgehead atoms. The van der Waals surface area contributed by atoms with Gasteiger partial charge in [-0.2, -0.15) is 0 Å². The Bertz CT molecular complexity index is 491. The molecule has 0 aliphatic rings. The summed E-state index contributed by atoms with van der Waals surface area (Å²) in [7, 11) is 0. The lowest BCUT2D eigenvalue weighted by atomic mass is 9.92. The van der Waals surface area contributed by atoms with E-state index in [9.17, 15) is 9.59 Å². The summed E-state index contributed by atoms with van der Waals surface area (Å²) < 4.78 is 5.96. The molecule has 21 heavy (non-hydrogen) atoms. The van der Waals surface area contributed by atoms with Crippen LogP contribution in [0.25, 0.3) is 0 Å². The van der Waals surface area contributed by atoms with Crippen molar-refractivity contribution in [2.24, 2.45) is 5.41 Å². The van der Waals surface area contributed by atoms with Gasteiger partial charge in [0.15, 0.2) is 6.61 Å². The number of carbonyl (C=O) groups excluding carboxylic acids is 2. The van der Waals surface area contributed by atoms with Gasteiger partial charge in [-0.05, 0) is 30.0 Å². The summed E-state index contributed by atoms with van der Waals surface area (Å²) in [5.74, 6) is -0.651. The van der Waals surface area contributed by atoms with Crippen LogP contribution in [-0.4, -0.2) is 18.5 Å². The van der Waals surface area contributed by atoms with Gasteiger partial charge in [0.05, 0.1) is 12.5 Å². The normalized spacial score (nSPS) is 12.6. The molecule has 0 spiro atoms. The van der Waals surface area contributed by atoms with E-state index < -0.39 is 0 Å². The fraction of sp³-hybridized carbons (Fsp3) is 0.500. The maximum absolute atomic E-state index is 11.8. The van der Waals surface area contributed by atoms with Gasteiger partial charge in [-0.3, -0.25) is 9.59 Å². The van der Waals surface area contributed by atoms with Crippen molar-refractivity contribution in [2.45, 2.75) is 40.2 Å². The molecule has 0 aliphatic carbocycles. The Morgan fingerprint density at radius 2 is 1.81 bits per heavy atom. The number of amides is 1. The highest BCUT2D eigenvalue weighted by Crippen LogP contribution is 2.19. The van der Waals surface area contributed by atoms with Gasteiger partial charge >= 0.3 is 5.97 Å². The van der Waals surface area contributed by atoms with E-state index in [0.717, 1.165) is 10.0 Å². The molecule has 1 N–H and O–H groups in total. The largest absolute Gasteiger partial charge is 0.456 e. The SMILES string of the molecule is C[C@@H](NC(=O)COC(=O)CC(C)(C)C)c1ccc(Br)cc1. The minimum Gasteiger partial charge on any atom is -0.456 e. The van der Waals surface area contributed by atoms with E-state index in [2.05, 4.69) is 21.2 Å². The Hall–Kier alpha value is -1.36. The van der Waals surface area contributed by atoms with Crippen molar-refractivity contribution in [3.63, 3.8) is 0 Å². The number of carbonyl (C=O) groups is 2. The van der Waals surface area contributed by atoms with Gasteiger partial charge in [0.2, 0.25) is 0 Å². The molecule has 0 aromatic heterocycles. The summed E-state index contributed by atoms with van der Waals surface area (Å²) in [6.07, 6.45) is 0.294. The minimum atomic E-state index is -0.353. The van der Waals surface area contributed by atoms with Crippen molar-refractivity contribution in [1.29, 1.82) is 0 Å². The molecule has 1 atom stereocenters. The topological polar surface area (TPSA) is 55.4 Å². The molecule has 1 rings (SSSR count). The van der Waals surface area contributed by atoms with E-state index in [1.165, 1.54) is 0 Å². The van der Waals surface area contributed by atoms with E-state index in [1.54, 1.807) is 0 Å². The Morgan fingerprint density at radius 3 is 2.33 bits per heavy atom. The van der Waals surface area contributed by atoms with Crippen LogP contribution in [0.15, 0.2) is 28.7 Å². The van der Waals surface area contributed by atoms with E-state index >= 15 is 0 Å². The van der Waals surface area contributed by atoms with Crippen LogP contribution in [0, 0.1) is 5.41 Å². The second-order valence-corrected chi connectivity index (χ2v) is 7.15. The Balaban J connectivity index is 2.40. The van der Waals surface area contributed by atoms with Crippen LogP contribution in [-0.2, 0) is 14.3 Å². The highest BCUT2D eigenvalue weighted by Gasteiger charge is 2.18. The maximum Gasteiger partial charge on any atom is 0.306 e. The van der Waals surface area contributed by atoms with E-state index in [1.807, 2.05) is 52.0 Å². The monoisotopic (exact) mass is 355 g/mol. The predicted octanol–water partition coefficient (Wildman–Crippen LogP) is 3.61. The van der Waals surface area contributed by atoms with Crippen LogP contribution < -0.4 is 5.32 Å². The molecule has 5 heteroatoms. The molecule has 0 fully saturated rings. The molecule has 1 amide bonds. The number of esters is 1. The molecular weight excluding hydrogens is 334 g/mol. The molecule has 116 valence electrons.